The average molecular weight is 302 g/mol. The maximum atomic E-state index is 12.4. The molecular formula is C18H22O4. The van der Waals surface area contributed by atoms with Crippen molar-refractivity contribution in [2.75, 3.05) is 14.2 Å². The number of methoxy groups -OCH3 is 2. The number of rotatable bonds is 2. The first-order chi connectivity index (χ1) is 10.6. The van der Waals surface area contributed by atoms with Gasteiger partial charge in [-0.2, -0.15) is 0 Å². The van der Waals surface area contributed by atoms with Gasteiger partial charge in [0.05, 0.1) is 25.4 Å². The lowest BCUT2D eigenvalue weighted by Crippen LogP contribution is -2.67. The standard InChI is InChI=1S/C18H22O4/c1-21-15(19)13-14(16(20)22-2)18-10-6-4-8-12(18)11-7-3-5-9-17(11,13)18/h3-10H2,1-2H3. The normalized spacial score (nSPS) is 35.5. The largest absolute Gasteiger partial charge is 0.466 e. The molecule has 0 amide bonds. The third kappa shape index (κ3) is 1.23. The molecule has 0 heterocycles. The van der Waals surface area contributed by atoms with Crippen LogP contribution in [-0.4, -0.2) is 26.2 Å². The van der Waals surface area contributed by atoms with E-state index in [1.54, 1.807) is 0 Å². The highest BCUT2D eigenvalue weighted by Crippen LogP contribution is 2.82. The monoisotopic (exact) mass is 302 g/mol. The summed E-state index contributed by atoms with van der Waals surface area (Å²) in [6, 6.07) is 0. The molecule has 2 saturated carbocycles. The minimum absolute atomic E-state index is 0.197. The lowest BCUT2D eigenvalue weighted by atomic mass is 9.29. The summed E-state index contributed by atoms with van der Waals surface area (Å²) in [5.74, 6) is -0.676. The van der Waals surface area contributed by atoms with Crippen LogP contribution in [0.1, 0.15) is 51.4 Å². The van der Waals surface area contributed by atoms with Gasteiger partial charge in [-0.25, -0.2) is 9.59 Å². The molecule has 22 heavy (non-hydrogen) atoms. The van der Waals surface area contributed by atoms with E-state index in [4.69, 9.17) is 9.47 Å². The minimum Gasteiger partial charge on any atom is -0.466 e. The molecule has 0 aromatic carbocycles. The molecule has 0 saturated heterocycles. The van der Waals surface area contributed by atoms with Gasteiger partial charge in [-0.3, -0.25) is 0 Å². The van der Waals surface area contributed by atoms with Crippen molar-refractivity contribution < 1.29 is 19.1 Å². The Labute approximate surface area is 130 Å². The van der Waals surface area contributed by atoms with Crippen molar-refractivity contribution in [1.29, 1.82) is 0 Å². The Hall–Kier alpha value is -1.58. The van der Waals surface area contributed by atoms with Crippen molar-refractivity contribution in [1.82, 2.24) is 0 Å². The molecule has 0 bridgehead atoms. The molecule has 0 aromatic heterocycles. The Kier molecular flexibility index (Phi) is 2.85. The Morgan fingerprint density at radius 1 is 0.773 bits per heavy atom. The average Bonchev–Trinajstić information content (AvgIpc) is 2.57. The van der Waals surface area contributed by atoms with E-state index in [-0.39, 0.29) is 22.8 Å². The van der Waals surface area contributed by atoms with Crippen molar-refractivity contribution in [2.24, 2.45) is 10.8 Å². The molecule has 2 spiro atoms. The van der Waals surface area contributed by atoms with Gasteiger partial charge in [0.25, 0.3) is 0 Å². The highest BCUT2D eigenvalue weighted by molar-refractivity contribution is 6.09. The molecule has 4 aliphatic rings. The van der Waals surface area contributed by atoms with Gasteiger partial charge in [-0.1, -0.05) is 24.0 Å². The van der Waals surface area contributed by atoms with Crippen LogP contribution < -0.4 is 0 Å². The van der Waals surface area contributed by atoms with E-state index in [1.165, 1.54) is 38.2 Å². The second-order valence-electron chi connectivity index (χ2n) is 6.92. The Balaban J connectivity index is 1.93. The Bertz CT molecular complexity index is 587. The Morgan fingerprint density at radius 2 is 1.18 bits per heavy atom. The first-order valence-corrected chi connectivity index (χ1v) is 8.30. The van der Waals surface area contributed by atoms with Gasteiger partial charge in [-0.15, -0.1) is 0 Å². The predicted molar refractivity (Wildman–Crippen MR) is 79.9 cm³/mol. The zero-order chi connectivity index (χ0) is 15.5. The second kappa shape index (κ2) is 4.46. The minimum atomic E-state index is -0.338. The number of ether oxygens (including phenoxy) is 2. The van der Waals surface area contributed by atoms with Gasteiger partial charge in [-0.05, 0) is 38.5 Å². The molecule has 118 valence electrons. The zero-order valence-corrected chi connectivity index (χ0v) is 13.3. The van der Waals surface area contributed by atoms with E-state index in [1.807, 2.05) is 0 Å². The fraction of sp³-hybridized carbons (Fsp3) is 0.667. The van der Waals surface area contributed by atoms with Crippen LogP contribution in [0.15, 0.2) is 22.3 Å². The molecule has 0 aromatic rings. The van der Waals surface area contributed by atoms with Crippen molar-refractivity contribution >= 4 is 11.9 Å². The van der Waals surface area contributed by atoms with Crippen LogP contribution in [0.4, 0.5) is 0 Å². The summed E-state index contributed by atoms with van der Waals surface area (Å²) in [7, 11) is 2.80. The van der Waals surface area contributed by atoms with E-state index in [2.05, 4.69) is 0 Å². The first kappa shape index (κ1) is 14.0. The fourth-order valence-electron chi connectivity index (χ4n) is 5.91. The van der Waals surface area contributed by atoms with Crippen LogP contribution in [0, 0.1) is 10.8 Å². The van der Waals surface area contributed by atoms with Crippen molar-refractivity contribution in [2.45, 2.75) is 51.4 Å². The third-order valence-electron chi connectivity index (χ3n) is 6.46. The van der Waals surface area contributed by atoms with E-state index in [0.29, 0.717) is 11.1 Å². The van der Waals surface area contributed by atoms with Crippen LogP contribution in [-0.2, 0) is 19.1 Å². The van der Waals surface area contributed by atoms with E-state index < -0.39 is 0 Å². The molecule has 4 aliphatic carbocycles. The maximum Gasteiger partial charge on any atom is 0.335 e. The number of hydrogen-bond donors (Lipinski definition) is 0. The van der Waals surface area contributed by atoms with Crippen LogP contribution in [0.3, 0.4) is 0 Å². The molecule has 4 heteroatoms. The SMILES string of the molecule is COC(=O)C1=C(C(=O)OC)C23CCCCC2=C2CCCCC213. The summed E-state index contributed by atoms with van der Waals surface area (Å²) in [4.78, 5) is 24.9. The van der Waals surface area contributed by atoms with Gasteiger partial charge < -0.3 is 9.47 Å². The lowest BCUT2D eigenvalue weighted by molar-refractivity contribution is -0.149. The second-order valence-corrected chi connectivity index (χ2v) is 6.92. The first-order valence-electron chi connectivity index (χ1n) is 8.30. The molecular weight excluding hydrogens is 280 g/mol. The summed E-state index contributed by atoms with van der Waals surface area (Å²) in [6.45, 7) is 0. The number of hydrogen-bond acceptors (Lipinski definition) is 4. The number of carbonyl (C=O) groups excluding carboxylic acids is 2. The molecule has 0 aliphatic heterocycles. The quantitative estimate of drug-likeness (QED) is 0.581. The van der Waals surface area contributed by atoms with Crippen molar-refractivity contribution in [3.63, 3.8) is 0 Å². The van der Waals surface area contributed by atoms with Gasteiger partial charge in [0.15, 0.2) is 0 Å². The summed E-state index contributed by atoms with van der Waals surface area (Å²) in [5, 5.41) is 0. The molecule has 2 atom stereocenters. The highest BCUT2D eigenvalue weighted by Gasteiger charge is 2.77. The van der Waals surface area contributed by atoms with Gasteiger partial charge >= 0.3 is 11.9 Å². The highest BCUT2D eigenvalue weighted by atomic mass is 16.5. The summed E-state index contributed by atoms with van der Waals surface area (Å²) in [6.07, 6.45) is 8.74. The maximum absolute atomic E-state index is 12.4. The summed E-state index contributed by atoms with van der Waals surface area (Å²) in [5.41, 5.74) is 3.73. The number of esters is 2. The van der Waals surface area contributed by atoms with E-state index in [0.717, 1.165) is 38.5 Å². The molecule has 2 fully saturated rings. The topological polar surface area (TPSA) is 52.6 Å². The summed E-state index contributed by atoms with van der Waals surface area (Å²) < 4.78 is 10.0. The molecule has 0 radical (unpaired) electrons. The van der Waals surface area contributed by atoms with Gasteiger partial charge in [0.1, 0.15) is 0 Å². The van der Waals surface area contributed by atoms with Crippen LogP contribution >= 0.6 is 0 Å². The van der Waals surface area contributed by atoms with Crippen molar-refractivity contribution in [3.8, 4) is 0 Å². The van der Waals surface area contributed by atoms with Gasteiger partial charge in [0.2, 0.25) is 0 Å². The number of allylic oxidation sites excluding steroid dienone is 2. The molecule has 0 N–H and O–H groups in total. The van der Waals surface area contributed by atoms with Crippen LogP contribution in [0.5, 0.6) is 0 Å². The Morgan fingerprint density at radius 3 is 1.55 bits per heavy atom. The number of carbonyl (C=O) groups is 2. The molecule has 4 nitrogen and oxygen atoms in total. The van der Waals surface area contributed by atoms with E-state index >= 15 is 0 Å². The smallest absolute Gasteiger partial charge is 0.335 e. The fourth-order valence-corrected chi connectivity index (χ4v) is 5.91. The lowest BCUT2D eigenvalue weighted by Gasteiger charge is -2.72. The third-order valence-corrected chi connectivity index (χ3v) is 6.46. The van der Waals surface area contributed by atoms with Crippen LogP contribution in [0.25, 0.3) is 0 Å². The summed E-state index contributed by atoms with van der Waals surface area (Å²) >= 11 is 0. The molecule has 2 unspecified atom stereocenters. The van der Waals surface area contributed by atoms with Crippen molar-refractivity contribution in [3.05, 3.63) is 22.3 Å². The predicted octanol–water partition coefficient (Wildman–Crippen LogP) is 3.07. The molecule has 4 rings (SSSR count). The van der Waals surface area contributed by atoms with E-state index in [9.17, 15) is 9.59 Å². The zero-order valence-electron chi connectivity index (χ0n) is 13.3. The van der Waals surface area contributed by atoms with Crippen LogP contribution in [0.2, 0.25) is 0 Å². The van der Waals surface area contributed by atoms with Gasteiger partial charge in [0, 0.05) is 10.8 Å².